The van der Waals surface area contributed by atoms with Gasteiger partial charge in [-0.25, -0.2) is 18.1 Å². The van der Waals surface area contributed by atoms with E-state index in [0.29, 0.717) is 10.6 Å². The number of sulfonamides is 1. The van der Waals surface area contributed by atoms with E-state index < -0.39 is 27.5 Å². The molecule has 1 aromatic heterocycles. The van der Waals surface area contributed by atoms with Crippen molar-refractivity contribution in [1.29, 1.82) is 0 Å². The number of thioether (sulfide) groups is 1. The number of anilines is 2. The van der Waals surface area contributed by atoms with Crippen LogP contribution in [0.4, 0.5) is 29.3 Å². The van der Waals surface area contributed by atoms with Gasteiger partial charge < -0.3 is 4.90 Å². The van der Waals surface area contributed by atoms with E-state index in [1.54, 1.807) is 0 Å². The van der Waals surface area contributed by atoms with Gasteiger partial charge in [0.15, 0.2) is 0 Å². The maximum atomic E-state index is 13.0. The highest BCUT2D eigenvalue weighted by Gasteiger charge is 2.37. The van der Waals surface area contributed by atoms with Gasteiger partial charge in [-0.1, -0.05) is 11.6 Å². The number of urea groups is 1. The lowest BCUT2D eigenvalue weighted by atomic mass is 10.2. The molecule has 0 unspecified atom stereocenters. The average molecular weight is 557 g/mol. The molecule has 0 atom stereocenters. The molecule has 2 heterocycles. The van der Waals surface area contributed by atoms with Gasteiger partial charge in [-0.05, 0) is 71.9 Å². The van der Waals surface area contributed by atoms with Crippen molar-refractivity contribution in [2.24, 2.45) is 0 Å². The Morgan fingerprint density at radius 3 is 2.33 bits per heavy atom. The molecule has 1 aliphatic heterocycles. The van der Waals surface area contributed by atoms with Crippen LogP contribution in [0.2, 0.25) is 5.02 Å². The number of imide groups is 1. The van der Waals surface area contributed by atoms with E-state index in [0.717, 1.165) is 4.90 Å². The molecule has 0 radical (unpaired) electrons. The second kappa shape index (κ2) is 9.99. The molecule has 14 heteroatoms. The number of hydrogen-bond acceptors (Lipinski definition) is 6. The van der Waals surface area contributed by atoms with E-state index in [2.05, 4.69) is 9.71 Å². The second-order valence-corrected chi connectivity index (χ2v) is 10.8. The fourth-order valence-electron chi connectivity index (χ4n) is 3.40. The van der Waals surface area contributed by atoms with E-state index in [1.165, 1.54) is 71.9 Å². The molecule has 1 aliphatic rings. The molecule has 0 spiro atoms. The first kappa shape index (κ1) is 25.8. The Hall–Kier alpha value is -3.29. The first-order valence-electron chi connectivity index (χ1n) is 10.1. The Morgan fingerprint density at radius 2 is 1.69 bits per heavy atom. The summed E-state index contributed by atoms with van der Waals surface area (Å²) < 4.78 is 65.6. The van der Waals surface area contributed by atoms with Gasteiger partial charge in [0.05, 0.1) is 29.0 Å². The van der Waals surface area contributed by atoms with Crippen LogP contribution in [-0.2, 0) is 21.4 Å². The van der Waals surface area contributed by atoms with Crippen LogP contribution < -0.4 is 9.62 Å². The molecule has 1 saturated heterocycles. The maximum absolute atomic E-state index is 13.0. The fraction of sp³-hybridized carbons (Fsp3) is 0.136. The summed E-state index contributed by atoms with van der Waals surface area (Å²) >= 11 is 5.51. The first-order valence-corrected chi connectivity index (χ1v) is 12.8. The summed E-state index contributed by atoms with van der Waals surface area (Å²) in [6.07, 6.45) is 2.69. The molecule has 0 saturated carbocycles. The largest absolute Gasteiger partial charge is 0.446 e. The van der Waals surface area contributed by atoms with E-state index >= 15 is 0 Å². The molecule has 188 valence electrons. The molecule has 3 amide bonds. The summed E-state index contributed by atoms with van der Waals surface area (Å²) in [6.45, 7) is -0.423. The molecule has 8 nitrogen and oxygen atoms in total. The minimum atomic E-state index is -4.46. The summed E-state index contributed by atoms with van der Waals surface area (Å²) in [5, 5.41) is 0.367. The Balaban J connectivity index is 1.51. The number of aromatic nitrogens is 1. The minimum Gasteiger partial charge on any atom is -0.310 e. The number of nitrogens with zero attached hydrogens (tertiary/aromatic N) is 3. The predicted molar refractivity (Wildman–Crippen MR) is 128 cm³/mol. The summed E-state index contributed by atoms with van der Waals surface area (Å²) in [4.78, 5) is 31.4. The zero-order chi connectivity index (χ0) is 26.1. The third-order valence-electron chi connectivity index (χ3n) is 5.01. The van der Waals surface area contributed by atoms with Crippen molar-refractivity contribution in [1.82, 2.24) is 9.88 Å². The number of rotatable bonds is 7. The van der Waals surface area contributed by atoms with Crippen molar-refractivity contribution in [2.45, 2.75) is 21.8 Å². The van der Waals surface area contributed by atoms with Crippen molar-refractivity contribution in [3.8, 4) is 0 Å². The molecular formula is C22H16ClF3N4O4S2. The summed E-state index contributed by atoms with van der Waals surface area (Å²) in [5.41, 5.74) is -3.85. The number of amides is 3. The standard InChI is InChI=1S/C22H16ClF3N4O4S2/c23-15-1-7-18(8-2-15)36(33,34)28-19-11-27-10-9-14(19)12-29-13-20(31)30(21(29)32)16-3-5-17(6-4-16)35-22(24,25)26/h1-11,28H,12-13H2. The van der Waals surface area contributed by atoms with E-state index in [9.17, 15) is 31.2 Å². The van der Waals surface area contributed by atoms with Gasteiger partial charge in [0, 0.05) is 16.1 Å². The lowest BCUT2D eigenvalue weighted by Gasteiger charge is -2.19. The topological polar surface area (TPSA) is 99.7 Å². The zero-order valence-electron chi connectivity index (χ0n) is 18.1. The highest BCUT2D eigenvalue weighted by atomic mass is 35.5. The van der Waals surface area contributed by atoms with E-state index in [1.807, 2.05) is 0 Å². The number of pyridine rings is 1. The monoisotopic (exact) mass is 556 g/mol. The number of carbonyl (C=O) groups excluding carboxylic acids is 2. The van der Waals surface area contributed by atoms with Crippen molar-refractivity contribution in [3.05, 3.63) is 77.6 Å². The summed E-state index contributed by atoms with van der Waals surface area (Å²) in [6, 6.07) is 11.2. The van der Waals surface area contributed by atoms with Gasteiger partial charge in [0.25, 0.3) is 15.9 Å². The average Bonchev–Trinajstić information content (AvgIpc) is 3.07. The Bertz CT molecular complexity index is 1400. The lowest BCUT2D eigenvalue weighted by Crippen LogP contribution is -2.33. The van der Waals surface area contributed by atoms with Crippen LogP contribution in [0.15, 0.2) is 76.8 Å². The molecule has 4 rings (SSSR count). The predicted octanol–water partition coefficient (Wildman–Crippen LogP) is 5.12. The summed E-state index contributed by atoms with van der Waals surface area (Å²) in [7, 11) is -3.99. The minimum absolute atomic E-state index is 0.0348. The van der Waals surface area contributed by atoms with Crippen LogP contribution in [0, 0.1) is 0 Å². The third kappa shape index (κ3) is 5.91. The normalized spacial score (nSPS) is 14.4. The molecule has 2 aromatic carbocycles. The summed E-state index contributed by atoms with van der Waals surface area (Å²) in [5.74, 6) is -0.575. The van der Waals surface area contributed by atoms with Crippen molar-refractivity contribution >= 4 is 56.7 Å². The highest BCUT2D eigenvalue weighted by Crippen LogP contribution is 2.37. The van der Waals surface area contributed by atoms with Crippen LogP contribution in [0.3, 0.4) is 0 Å². The van der Waals surface area contributed by atoms with Crippen molar-refractivity contribution in [2.75, 3.05) is 16.2 Å². The number of carbonyl (C=O) groups is 2. The van der Waals surface area contributed by atoms with Crippen LogP contribution in [0.5, 0.6) is 0 Å². The van der Waals surface area contributed by atoms with Crippen LogP contribution >= 0.6 is 23.4 Å². The van der Waals surface area contributed by atoms with Crippen LogP contribution in [0.25, 0.3) is 0 Å². The zero-order valence-corrected chi connectivity index (χ0v) is 20.5. The number of alkyl halides is 3. The van der Waals surface area contributed by atoms with Crippen LogP contribution in [-0.4, -0.2) is 42.3 Å². The molecule has 1 fully saturated rings. The number of benzene rings is 2. The maximum Gasteiger partial charge on any atom is 0.446 e. The van der Waals surface area contributed by atoms with Gasteiger partial charge >= 0.3 is 11.5 Å². The van der Waals surface area contributed by atoms with Gasteiger partial charge in [-0.2, -0.15) is 13.2 Å². The van der Waals surface area contributed by atoms with E-state index in [-0.39, 0.29) is 46.0 Å². The number of hydrogen-bond donors (Lipinski definition) is 1. The fourth-order valence-corrected chi connectivity index (χ4v) is 5.15. The van der Waals surface area contributed by atoms with Gasteiger partial charge in [0.2, 0.25) is 0 Å². The van der Waals surface area contributed by atoms with Gasteiger partial charge in [-0.3, -0.25) is 14.5 Å². The van der Waals surface area contributed by atoms with E-state index in [4.69, 9.17) is 11.6 Å². The SMILES string of the molecule is O=C1CN(Cc2ccncc2NS(=O)(=O)c2ccc(Cl)cc2)C(=O)N1c1ccc(SC(F)(F)F)cc1. The molecule has 1 N–H and O–H groups in total. The van der Waals surface area contributed by atoms with Crippen molar-refractivity contribution < 1.29 is 31.2 Å². The molecule has 36 heavy (non-hydrogen) atoms. The highest BCUT2D eigenvalue weighted by molar-refractivity contribution is 8.00. The second-order valence-electron chi connectivity index (χ2n) is 7.50. The lowest BCUT2D eigenvalue weighted by molar-refractivity contribution is -0.116. The Labute approximate surface area is 213 Å². The smallest absolute Gasteiger partial charge is 0.310 e. The molecular weight excluding hydrogens is 541 g/mol. The molecule has 0 bridgehead atoms. The van der Waals surface area contributed by atoms with Gasteiger partial charge in [-0.15, -0.1) is 0 Å². The molecule has 3 aromatic rings. The number of nitrogens with one attached hydrogen (secondary N) is 1. The Kier molecular flexibility index (Phi) is 7.16. The Morgan fingerprint density at radius 1 is 1.03 bits per heavy atom. The van der Waals surface area contributed by atoms with Gasteiger partial charge in [0.1, 0.15) is 6.54 Å². The first-order chi connectivity index (χ1) is 16.9. The third-order valence-corrected chi connectivity index (χ3v) is 7.38. The number of halogens is 4. The van der Waals surface area contributed by atoms with Crippen LogP contribution in [0.1, 0.15) is 5.56 Å². The quantitative estimate of drug-likeness (QED) is 0.320. The molecule has 0 aliphatic carbocycles. The van der Waals surface area contributed by atoms with Crippen molar-refractivity contribution in [3.63, 3.8) is 0 Å².